The number of aryl methyl sites for hydroxylation is 1. The quantitative estimate of drug-likeness (QED) is 0.701. The predicted molar refractivity (Wildman–Crippen MR) is 97.4 cm³/mol. The molecule has 0 atom stereocenters. The van der Waals surface area contributed by atoms with E-state index in [2.05, 4.69) is 10.0 Å². The fourth-order valence-corrected chi connectivity index (χ4v) is 3.21. The Morgan fingerprint density at radius 3 is 2.37 bits per heavy atom. The second-order valence-corrected chi connectivity index (χ2v) is 7.40. The molecule has 0 aromatic heterocycles. The molecule has 0 fully saturated rings. The van der Waals surface area contributed by atoms with Gasteiger partial charge >= 0.3 is 5.97 Å². The molecule has 0 heterocycles. The summed E-state index contributed by atoms with van der Waals surface area (Å²) in [4.78, 5) is 23.8. The molecule has 0 spiro atoms. The number of rotatable bonds is 7. The number of nitrogens with one attached hydrogen (secondary N) is 2. The Labute approximate surface area is 156 Å². The molecule has 2 rings (SSSR count). The predicted octanol–water partition coefficient (Wildman–Crippen LogP) is 2.23. The van der Waals surface area contributed by atoms with Gasteiger partial charge in [-0.05, 0) is 48.9 Å². The van der Waals surface area contributed by atoms with E-state index >= 15 is 0 Å². The number of carbonyl (C=O) groups is 2. The molecule has 0 bridgehead atoms. The van der Waals surface area contributed by atoms with Gasteiger partial charge in [0.1, 0.15) is 5.82 Å². The van der Waals surface area contributed by atoms with E-state index in [-0.39, 0.29) is 22.7 Å². The van der Waals surface area contributed by atoms with E-state index in [9.17, 15) is 22.4 Å². The second kappa shape index (κ2) is 8.74. The van der Waals surface area contributed by atoms with Crippen molar-refractivity contribution in [3.8, 4) is 0 Å². The number of esters is 1. The Morgan fingerprint density at radius 2 is 1.78 bits per heavy atom. The first-order chi connectivity index (χ1) is 12.7. The van der Waals surface area contributed by atoms with Crippen LogP contribution in [-0.2, 0) is 19.6 Å². The summed E-state index contributed by atoms with van der Waals surface area (Å²) in [5.74, 6) is -2.09. The van der Waals surface area contributed by atoms with Gasteiger partial charge in [-0.2, -0.15) is 0 Å². The summed E-state index contributed by atoms with van der Waals surface area (Å²) in [5.41, 5.74) is 0.774. The average Bonchev–Trinajstić information content (AvgIpc) is 2.62. The van der Waals surface area contributed by atoms with Crippen LogP contribution in [0.5, 0.6) is 0 Å². The highest BCUT2D eigenvalue weighted by Gasteiger charge is 2.15. The third kappa shape index (κ3) is 5.60. The van der Waals surface area contributed by atoms with Crippen LogP contribution in [0.4, 0.5) is 10.1 Å². The highest BCUT2D eigenvalue weighted by Crippen LogP contribution is 2.15. The molecule has 0 aliphatic carbocycles. The van der Waals surface area contributed by atoms with Crippen LogP contribution in [-0.4, -0.2) is 33.4 Å². The molecule has 2 N–H and O–H groups in total. The molecule has 2 aromatic rings. The Morgan fingerprint density at radius 1 is 1.11 bits per heavy atom. The van der Waals surface area contributed by atoms with Crippen molar-refractivity contribution < 1.29 is 27.1 Å². The average molecular weight is 394 g/mol. The largest absolute Gasteiger partial charge is 0.452 e. The van der Waals surface area contributed by atoms with Crippen molar-refractivity contribution in [3.63, 3.8) is 0 Å². The number of sulfonamides is 1. The lowest BCUT2D eigenvalue weighted by molar-refractivity contribution is -0.119. The number of anilines is 1. The van der Waals surface area contributed by atoms with Gasteiger partial charge in [0.25, 0.3) is 5.91 Å². The van der Waals surface area contributed by atoms with Crippen molar-refractivity contribution in [1.82, 2.24) is 4.72 Å². The van der Waals surface area contributed by atoms with E-state index in [4.69, 9.17) is 4.74 Å². The minimum absolute atomic E-state index is 0.00786. The van der Waals surface area contributed by atoms with E-state index in [1.165, 1.54) is 36.4 Å². The monoisotopic (exact) mass is 394 g/mol. The van der Waals surface area contributed by atoms with Crippen molar-refractivity contribution in [2.75, 3.05) is 18.5 Å². The maximum Gasteiger partial charge on any atom is 0.338 e. The van der Waals surface area contributed by atoms with E-state index in [1.807, 2.05) is 0 Å². The zero-order valence-corrected chi connectivity index (χ0v) is 15.6. The number of hydrogen-bond acceptors (Lipinski definition) is 5. The molecule has 1 amide bonds. The van der Waals surface area contributed by atoms with Crippen LogP contribution < -0.4 is 10.0 Å². The van der Waals surface area contributed by atoms with Gasteiger partial charge in [-0.1, -0.05) is 13.0 Å². The Bertz CT molecular complexity index is 943. The van der Waals surface area contributed by atoms with Gasteiger partial charge in [0, 0.05) is 6.54 Å². The molecule has 27 heavy (non-hydrogen) atoms. The first-order valence-corrected chi connectivity index (χ1v) is 9.54. The van der Waals surface area contributed by atoms with E-state index in [0.717, 1.165) is 0 Å². The molecular formula is C18H19FN2O5S. The molecule has 0 saturated heterocycles. The van der Waals surface area contributed by atoms with Crippen LogP contribution in [0.25, 0.3) is 0 Å². The highest BCUT2D eigenvalue weighted by molar-refractivity contribution is 7.89. The first kappa shape index (κ1) is 20.5. The zero-order valence-electron chi connectivity index (χ0n) is 14.8. The number of amides is 1. The number of halogens is 1. The third-order valence-corrected chi connectivity index (χ3v) is 5.03. The normalized spacial score (nSPS) is 11.1. The van der Waals surface area contributed by atoms with Gasteiger partial charge < -0.3 is 10.1 Å². The van der Waals surface area contributed by atoms with Gasteiger partial charge in [-0.25, -0.2) is 22.3 Å². The molecule has 9 heteroatoms. The molecule has 0 aliphatic rings. The maximum atomic E-state index is 13.7. The van der Waals surface area contributed by atoms with Gasteiger partial charge in [0.15, 0.2) is 6.61 Å². The van der Waals surface area contributed by atoms with Gasteiger partial charge in [0.2, 0.25) is 10.0 Å². The zero-order chi connectivity index (χ0) is 20.0. The number of benzene rings is 2. The molecule has 7 nitrogen and oxygen atoms in total. The highest BCUT2D eigenvalue weighted by atomic mass is 32.2. The lowest BCUT2D eigenvalue weighted by Crippen LogP contribution is -2.23. The smallest absolute Gasteiger partial charge is 0.338 e. The van der Waals surface area contributed by atoms with E-state index in [1.54, 1.807) is 19.9 Å². The third-order valence-electron chi connectivity index (χ3n) is 3.47. The topological polar surface area (TPSA) is 102 Å². The Balaban J connectivity index is 1.94. The first-order valence-electron chi connectivity index (χ1n) is 8.06. The standard InChI is InChI=1S/C18H19FN2O5S/c1-3-20-27(24,25)14-7-5-13(6-8-14)18(23)26-11-17(22)21-16-9-4-12(2)10-15(16)19/h4-10,20H,3,11H2,1-2H3,(H,21,22). The van der Waals surface area contributed by atoms with Crippen LogP contribution >= 0.6 is 0 Å². The van der Waals surface area contributed by atoms with Crippen LogP contribution in [0.2, 0.25) is 0 Å². The van der Waals surface area contributed by atoms with Crippen molar-refractivity contribution in [2.24, 2.45) is 0 Å². The van der Waals surface area contributed by atoms with Crippen molar-refractivity contribution in [3.05, 3.63) is 59.4 Å². The summed E-state index contributed by atoms with van der Waals surface area (Å²) in [7, 11) is -3.62. The molecule has 0 saturated carbocycles. The van der Waals surface area contributed by atoms with Crippen molar-refractivity contribution >= 4 is 27.6 Å². The summed E-state index contributed by atoms with van der Waals surface area (Å²) in [6, 6.07) is 9.40. The number of carbonyl (C=O) groups excluding carboxylic acids is 2. The number of ether oxygens (including phenoxy) is 1. The summed E-state index contributed by atoms with van der Waals surface area (Å²) in [6.45, 7) is 2.99. The lowest BCUT2D eigenvalue weighted by atomic mass is 10.2. The molecular weight excluding hydrogens is 375 g/mol. The van der Waals surface area contributed by atoms with Crippen LogP contribution in [0, 0.1) is 12.7 Å². The minimum Gasteiger partial charge on any atom is -0.452 e. The molecule has 144 valence electrons. The van der Waals surface area contributed by atoms with Crippen molar-refractivity contribution in [1.29, 1.82) is 0 Å². The van der Waals surface area contributed by atoms with E-state index in [0.29, 0.717) is 5.56 Å². The van der Waals surface area contributed by atoms with Gasteiger partial charge in [0.05, 0.1) is 16.1 Å². The van der Waals surface area contributed by atoms with Crippen LogP contribution in [0.15, 0.2) is 47.4 Å². The van der Waals surface area contributed by atoms with Crippen molar-refractivity contribution in [2.45, 2.75) is 18.7 Å². The Kier molecular flexibility index (Phi) is 6.65. The summed E-state index contributed by atoms with van der Waals surface area (Å²) < 4.78 is 44.6. The second-order valence-electron chi connectivity index (χ2n) is 5.63. The Hall–Kier alpha value is -2.78. The lowest BCUT2D eigenvalue weighted by Gasteiger charge is -2.08. The van der Waals surface area contributed by atoms with E-state index < -0.39 is 34.3 Å². The van der Waals surface area contributed by atoms with Crippen LogP contribution in [0.1, 0.15) is 22.8 Å². The molecule has 2 aromatic carbocycles. The fourth-order valence-electron chi connectivity index (χ4n) is 2.17. The number of hydrogen-bond donors (Lipinski definition) is 2. The SMILES string of the molecule is CCNS(=O)(=O)c1ccc(C(=O)OCC(=O)Nc2ccc(C)cc2F)cc1. The van der Waals surface area contributed by atoms with Crippen LogP contribution in [0.3, 0.4) is 0 Å². The molecule has 0 radical (unpaired) electrons. The molecule has 0 aliphatic heterocycles. The van der Waals surface area contributed by atoms with Gasteiger partial charge in [-0.3, -0.25) is 4.79 Å². The minimum atomic E-state index is -3.62. The summed E-state index contributed by atoms with van der Waals surface area (Å²) >= 11 is 0. The molecule has 0 unspecified atom stereocenters. The van der Waals surface area contributed by atoms with Gasteiger partial charge in [-0.15, -0.1) is 0 Å². The fraction of sp³-hybridized carbons (Fsp3) is 0.222. The maximum absolute atomic E-state index is 13.7. The summed E-state index contributed by atoms with van der Waals surface area (Å²) in [6.07, 6.45) is 0. The summed E-state index contributed by atoms with van der Waals surface area (Å²) in [5, 5.41) is 2.31.